The van der Waals surface area contributed by atoms with E-state index in [1.165, 1.54) is 90.3 Å². The second-order valence-electron chi connectivity index (χ2n) is 7.86. The molecule has 0 saturated carbocycles. The molecule has 0 radical (unpaired) electrons. The molecule has 1 atom stereocenters. The van der Waals surface area contributed by atoms with Crippen LogP contribution in [0.15, 0.2) is 0 Å². The third-order valence-corrected chi connectivity index (χ3v) is 9.27. The van der Waals surface area contributed by atoms with Crippen LogP contribution in [0.3, 0.4) is 0 Å². The highest BCUT2D eigenvalue weighted by atomic mass is 28.4. The SMILES string of the molecule is CCCN(CC)CCCN(CCCN(CC)CCC)C[Si](C)(CC)OC. The van der Waals surface area contributed by atoms with Crippen molar-refractivity contribution in [2.75, 3.05) is 65.6 Å². The van der Waals surface area contributed by atoms with E-state index in [1.54, 1.807) is 0 Å². The van der Waals surface area contributed by atoms with E-state index >= 15 is 0 Å². The van der Waals surface area contributed by atoms with E-state index in [4.69, 9.17) is 4.43 Å². The Kier molecular flexibility index (Phi) is 16.1. The molecule has 158 valence electrons. The maximum Gasteiger partial charge on any atom is 0.202 e. The molecule has 0 saturated heterocycles. The first-order valence-electron chi connectivity index (χ1n) is 11.2. The summed E-state index contributed by atoms with van der Waals surface area (Å²) in [5.41, 5.74) is 0. The monoisotopic (exact) mass is 387 g/mol. The Hall–Kier alpha value is 0.0569. The lowest BCUT2D eigenvalue weighted by Gasteiger charge is -2.33. The van der Waals surface area contributed by atoms with Gasteiger partial charge in [-0.2, -0.15) is 0 Å². The Labute approximate surface area is 166 Å². The normalized spacial score (nSPS) is 14.5. The van der Waals surface area contributed by atoms with Gasteiger partial charge in [-0.05, 0) is 90.6 Å². The quantitative estimate of drug-likeness (QED) is 0.326. The van der Waals surface area contributed by atoms with Crippen molar-refractivity contribution in [1.82, 2.24) is 14.7 Å². The minimum atomic E-state index is -1.56. The molecule has 0 aliphatic heterocycles. The minimum Gasteiger partial charge on any atom is -0.419 e. The first kappa shape index (κ1) is 26.1. The van der Waals surface area contributed by atoms with Crippen LogP contribution in [0.5, 0.6) is 0 Å². The molecule has 0 N–H and O–H groups in total. The Bertz CT molecular complexity index is 294. The van der Waals surface area contributed by atoms with E-state index in [0.717, 1.165) is 0 Å². The molecule has 26 heavy (non-hydrogen) atoms. The van der Waals surface area contributed by atoms with Gasteiger partial charge in [-0.1, -0.05) is 34.6 Å². The molecule has 0 bridgehead atoms. The fraction of sp³-hybridized carbons (Fsp3) is 1.00. The summed E-state index contributed by atoms with van der Waals surface area (Å²) in [6, 6.07) is 1.20. The highest BCUT2D eigenvalue weighted by Crippen LogP contribution is 2.13. The van der Waals surface area contributed by atoms with Crippen LogP contribution in [0.25, 0.3) is 0 Å². The molecule has 0 aliphatic carbocycles. The Morgan fingerprint density at radius 1 is 0.654 bits per heavy atom. The van der Waals surface area contributed by atoms with E-state index in [9.17, 15) is 0 Å². The standard InChI is InChI=1S/C21H49N3OSi/c1-8-15-22(10-3)17-13-19-24(21-26(7,12-5)25-6)20-14-18-23(11-4)16-9-2/h8-21H2,1-7H3. The van der Waals surface area contributed by atoms with Gasteiger partial charge in [0.25, 0.3) is 0 Å². The molecule has 0 heterocycles. The van der Waals surface area contributed by atoms with Crippen molar-refractivity contribution in [1.29, 1.82) is 0 Å². The van der Waals surface area contributed by atoms with Gasteiger partial charge >= 0.3 is 0 Å². The van der Waals surface area contributed by atoms with Gasteiger partial charge in [0.2, 0.25) is 8.32 Å². The van der Waals surface area contributed by atoms with Crippen molar-refractivity contribution in [2.45, 2.75) is 72.9 Å². The second-order valence-corrected chi connectivity index (χ2v) is 12.2. The molecule has 0 aromatic heterocycles. The van der Waals surface area contributed by atoms with Gasteiger partial charge in [0.05, 0.1) is 0 Å². The zero-order valence-corrected chi connectivity index (χ0v) is 20.1. The average Bonchev–Trinajstić information content (AvgIpc) is 2.66. The second kappa shape index (κ2) is 16.1. The van der Waals surface area contributed by atoms with Crippen LogP contribution in [0.4, 0.5) is 0 Å². The van der Waals surface area contributed by atoms with Gasteiger partial charge in [-0.25, -0.2) is 0 Å². The largest absolute Gasteiger partial charge is 0.419 e. The van der Waals surface area contributed by atoms with E-state index in [0.29, 0.717) is 0 Å². The molecular weight excluding hydrogens is 338 g/mol. The van der Waals surface area contributed by atoms with Crippen molar-refractivity contribution < 1.29 is 4.43 Å². The zero-order valence-electron chi connectivity index (χ0n) is 19.1. The summed E-state index contributed by atoms with van der Waals surface area (Å²) < 4.78 is 5.97. The maximum absolute atomic E-state index is 5.97. The van der Waals surface area contributed by atoms with Gasteiger partial charge in [-0.15, -0.1) is 0 Å². The highest BCUT2D eigenvalue weighted by molar-refractivity contribution is 6.72. The molecule has 0 amide bonds. The topological polar surface area (TPSA) is 19.0 Å². The van der Waals surface area contributed by atoms with E-state index < -0.39 is 8.32 Å². The van der Waals surface area contributed by atoms with E-state index in [-0.39, 0.29) is 0 Å². The predicted molar refractivity (Wildman–Crippen MR) is 120 cm³/mol. The van der Waals surface area contributed by atoms with E-state index in [2.05, 4.69) is 55.9 Å². The maximum atomic E-state index is 5.97. The number of nitrogens with zero attached hydrogens (tertiary/aromatic N) is 3. The smallest absolute Gasteiger partial charge is 0.202 e. The van der Waals surface area contributed by atoms with Crippen molar-refractivity contribution in [3.63, 3.8) is 0 Å². The molecule has 1 unspecified atom stereocenters. The number of hydrogen-bond acceptors (Lipinski definition) is 4. The average molecular weight is 388 g/mol. The van der Waals surface area contributed by atoms with Crippen LogP contribution in [0, 0.1) is 0 Å². The van der Waals surface area contributed by atoms with Gasteiger partial charge in [-0.3, -0.25) is 0 Å². The van der Waals surface area contributed by atoms with Crippen molar-refractivity contribution in [3.8, 4) is 0 Å². The summed E-state index contributed by atoms with van der Waals surface area (Å²) >= 11 is 0. The summed E-state index contributed by atoms with van der Waals surface area (Å²) in [7, 11) is 0.362. The van der Waals surface area contributed by atoms with Gasteiger partial charge in [0.15, 0.2) is 0 Å². The molecule has 0 aromatic rings. The summed E-state index contributed by atoms with van der Waals surface area (Å²) in [4.78, 5) is 7.88. The lowest BCUT2D eigenvalue weighted by Crippen LogP contribution is -2.47. The molecule has 0 aliphatic rings. The van der Waals surface area contributed by atoms with Gasteiger partial charge < -0.3 is 19.1 Å². The van der Waals surface area contributed by atoms with Crippen LogP contribution >= 0.6 is 0 Å². The van der Waals surface area contributed by atoms with Gasteiger partial charge in [0, 0.05) is 13.3 Å². The zero-order chi connectivity index (χ0) is 19.8. The third-order valence-electron chi connectivity index (χ3n) is 5.67. The highest BCUT2D eigenvalue weighted by Gasteiger charge is 2.28. The van der Waals surface area contributed by atoms with E-state index in [1.807, 2.05) is 7.11 Å². The number of rotatable bonds is 18. The summed E-state index contributed by atoms with van der Waals surface area (Å²) in [5, 5.41) is 0. The van der Waals surface area contributed by atoms with Gasteiger partial charge in [0.1, 0.15) is 0 Å². The van der Waals surface area contributed by atoms with Crippen LogP contribution in [0.1, 0.15) is 60.3 Å². The summed E-state index contributed by atoms with van der Waals surface area (Å²) in [5.74, 6) is 0. The van der Waals surface area contributed by atoms with Crippen LogP contribution in [-0.2, 0) is 4.43 Å². The fourth-order valence-corrected chi connectivity index (χ4v) is 5.49. The summed E-state index contributed by atoms with van der Waals surface area (Å²) in [6.07, 6.45) is 6.24. The molecule has 0 rings (SSSR count). The predicted octanol–water partition coefficient (Wildman–Crippen LogP) is 4.31. The first-order valence-corrected chi connectivity index (χ1v) is 14.0. The van der Waals surface area contributed by atoms with Crippen LogP contribution < -0.4 is 0 Å². The third kappa shape index (κ3) is 11.7. The lowest BCUT2D eigenvalue weighted by atomic mass is 10.3. The first-order chi connectivity index (χ1) is 12.5. The van der Waals surface area contributed by atoms with Crippen LogP contribution in [0.2, 0.25) is 12.6 Å². The molecule has 5 heteroatoms. The summed E-state index contributed by atoms with van der Waals surface area (Å²) in [6.45, 7) is 23.5. The molecular formula is C21H49N3OSi. The molecule has 4 nitrogen and oxygen atoms in total. The molecule has 0 aromatic carbocycles. The van der Waals surface area contributed by atoms with Crippen molar-refractivity contribution >= 4 is 8.32 Å². The Morgan fingerprint density at radius 3 is 1.38 bits per heavy atom. The number of hydrogen-bond donors (Lipinski definition) is 0. The fourth-order valence-electron chi connectivity index (χ4n) is 3.59. The van der Waals surface area contributed by atoms with Crippen molar-refractivity contribution in [2.24, 2.45) is 0 Å². The van der Waals surface area contributed by atoms with Crippen molar-refractivity contribution in [3.05, 3.63) is 0 Å². The molecule has 0 fully saturated rings. The molecule has 0 spiro atoms. The van der Waals surface area contributed by atoms with Crippen LogP contribution in [-0.4, -0.2) is 88.7 Å². The lowest BCUT2D eigenvalue weighted by molar-refractivity contribution is 0.220. The Morgan fingerprint density at radius 2 is 1.08 bits per heavy atom. The Balaban J connectivity index is 4.54. The minimum absolute atomic E-state index is 1.18.